The minimum Gasteiger partial charge on any atom is -0.369 e. The minimum absolute atomic E-state index is 0.0589. The number of amides is 1. The number of hydrogen-bond donors (Lipinski definition) is 2. The number of rotatable bonds is 10. The van der Waals surface area contributed by atoms with Gasteiger partial charge in [0, 0.05) is 42.6 Å². The van der Waals surface area contributed by atoms with Gasteiger partial charge in [-0.3, -0.25) is 9.59 Å². The molecule has 8 nitrogen and oxygen atoms in total. The van der Waals surface area contributed by atoms with E-state index in [9.17, 15) is 18.4 Å². The summed E-state index contributed by atoms with van der Waals surface area (Å²) in [6.45, 7) is 0.999. The Labute approximate surface area is 197 Å². The van der Waals surface area contributed by atoms with Crippen LogP contribution in [0.4, 0.5) is 14.5 Å². The number of benzene rings is 2. The van der Waals surface area contributed by atoms with E-state index in [0.717, 1.165) is 28.7 Å². The van der Waals surface area contributed by atoms with Gasteiger partial charge in [-0.15, -0.1) is 33.1 Å². The van der Waals surface area contributed by atoms with Crippen molar-refractivity contribution in [2.45, 2.75) is 6.54 Å². The first-order valence-corrected chi connectivity index (χ1v) is 10.9. The zero-order valence-electron chi connectivity index (χ0n) is 17.3. The maximum absolute atomic E-state index is 13.7. The molecule has 12 heteroatoms. The standard InChI is InChI=1S/C21H20Cl2F2N6O2/c22-7-9-30(10-8-23)17-4-1-14(2-5-17)12-27-31-21(33)19(28-29-31)20(32)26-13-15-11-16(24)3-6-18(15)25/h1-6,11-12,29H,7-10,13H2,(H,26,32). The first kappa shape index (κ1) is 24.4. The summed E-state index contributed by atoms with van der Waals surface area (Å²) in [6, 6.07) is 10.2. The number of anilines is 1. The molecule has 0 fully saturated rings. The summed E-state index contributed by atoms with van der Waals surface area (Å²) in [5.41, 5.74) is 0.328. The molecule has 0 bridgehead atoms. The second-order valence-electron chi connectivity index (χ2n) is 6.80. The van der Waals surface area contributed by atoms with E-state index in [0.29, 0.717) is 30.4 Å². The number of aromatic amines is 1. The molecule has 0 aliphatic carbocycles. The number of hydrogen-bond acceptors (Lipinski definition) is 5. The molecule has 1 amide bonds. The molecule has 2 N–H and O–H groups in total. The summed E-state index contributed by atoms with van der Waals surface area (Å²) >= 11 is 11.7. The van der Waals surface area contributed by atoms with Crippen LogP contribution in [-0.4, -0.2) is 52.1 Å². The van der Waals surface area contributed by atoms with Gasteiger partial charge in [0.1, 0.15) is 11.6 Å². The van der Waals surface area contributed by atoms with E-state index in [2.05, 4.69) is 20.7 Å². The van der Waals surface area contributed by atoms with E-state index >= 15 is 0 Å². The number of alkyl halides is 2. The molecule has 1 aromatic heterocycles. The summed E-state index contributed by atoms with van der Waals surface area (Å²) in [7, 11) is 0. The van der Waals surface area contributed by atoms with E-state index < -0.39 is 28.8 Å². The molecule has 3 aromatic rings. The Morgan fingerprint density at radius 3 is 2.52 bits per heavy atom. The molecule has 0 saturated carbocycles. The quantitative estimate of drug-likeness (QED) is 0.333. The molecular formula is C21H20Cl2F2N6O2. The summed E-state index contributed by atoms with van der Waals surface area (Å²) in [6.07, 6.45) is 1.42. The highest BCUT2D eigenvalue weighted by atomic mass is 35.5. The second-order valence-corrected chi connectivity index (χ2v) is 7.55. The fourth-order valence-electron chi connectivity index (χ4n) is 2.92. The zero-order valence-corrected chi connectivity index (χ0v) is 18.8. The van der Waals surface area contributed by atoms with Crippen LogP contribution in [0.3, 0.4) is 0 Å². The molecule has 0 atom stereocenters. The summed E-state index contributed by atoms with van der Waals surface area (Å²) in [5, 5.41) is 12.3. The lowest BCUT2D eigenvalue weighted by atomic mass is 10.2. The number of halogens is 4. The Hall–Kier alpha value is -3.24. The smallest absolute Gasteiger partial charge is 0.320 e. The normalized spacial score (nSPS) is 11.2. The Morgan fingerprint density at radius 2 is 1.85 bits per heavy atom. The Morgan fingerprint density at radius 1 is 1.15 bits per heavy atom. The Balaban J connectivity index is 1.66. The first-order valence-electron chi connectivity index (χ1n) is 9.83. The molecule has 1 heterocycles. The van der Waals surface area contributed by atoms with Crippen molar-refractivity contribution in [2.24, 2.45) is 5.10 Å². The van der Waals surface area contributed by atoms with Crippen LogP contribution >= 0.6 is 23.2 Å². The minimum atomic E-state index is -0.850. The van der Waals surface area contributed by atoms with Crippen LogP contribution in [0, 0.1) is 11.6 Å². The van der Waals surface area contributed by atoms with E-state index in [4.69, 9.17) is 23.2 Å². The lowest BCUT2D eigenvalue weighted by Crippen LogP contribution is -2.29. The van der Waals surface area contributed by atoms with E-state index in [1.54, 1.807) is 12.1 Å². The number of nitrogens with zero attached hydrogens (tertiary/aromatic N) is 4. The second kappa shape index (κ2) is 11.6. The van der Waals surface area contributed by atoms with Crippen molar-refractivity contribution >= 4 is 41.0 Å². The van der Waals surface area contributed by atoms with Gasteiger partial charge in [0.2, 0.25) is 5.69 Å². The summed E-state index contributed by atoms with van der Waals surface area (Å²) < 4.78 is 26.9. The van der Waals surface area contributed by atoms with Crippen LogP contribution in [0.1, 0.15) is 21.6 Å². The fourth-order valence-corrected chi connectivity index (χ4v) is 3.33. The molecule has 174 valence electrons. The summed E-state index contributed by atoms with van der Waals surface area (Å²) in [4.78, 5) is 27.4. The van der Waals surface area contributed by atoms with Crippen LogP contribution in [0.5, 0.6) is 0 Å². The van der Waals surface area contributed by atoms with Crippen LogP contribution in [0.2, 0.25) is 0 Å². The number of H-pyrrole nitrogens is 1. The highest BCUT2D eigenvalue weighted by Crippen LogP contribution is 2.15. The van der Waals surface area contributed by atoms with Gasteiger partial charge < -0.3 is 10.2 Å². The third kappa shape index (κ3) is 6.39. The number of carbonyl (C=O) groups excluding carboxylic acids is 1. The van der Waals surface area contributed by atoms with Crippen molar-refractivity contribution < 1.29 is 13.6 Å². The van der Waals surface area contributed by atoms with Crippen LogP contribution in [0.15, 0.2) is 52.4 Å². The van der Waals surface area contributed by atoms with Crippen LogP contribution in [-0.2, 0) is 6.54 Å². The van der Waals surface area contributed by atoms with Gasteiger partial charge in [0.15, 0.2) is 0 Å². The van der Waals surface area contributed by atoms with Crippen molar-refractivity contribution in [3.63, 3.8) is 0 Å². The fraction of sp³-hybridized carbons (Fsp3) is 0.238. The molecule has 0 saturated heterocycles. The topological polar surface area (TPSA) is 95.4 Å². The lowest BCUT2D eigenvalue weighted by molar-refractivity contribution is 0.0944. The number of nitrogens with one attached hydrogen (secondary N) is 2. The van der Waals surface area contributed by atoms with Crippen molar-refractivity contribution in [1.29, 1.82) is 0 Å². The van der Waals surface area contributed by atoms with Crippen LogP contribution in [0.25, 0.3) is 0 Å². The predicted molar refractivity (Wildman–Crippen MR) is 123 cm³/mol. The van der Waals surface area contributed by atoms with Crippen molar-refractivity contribution in [1.82, 2.24) is 20.4 Å². The van der Waals surface area contributed by atoms with Gasteiger partial charge in [0.05, 0.1) is 6.21 Å². The molecule has 0 spiro atoms. The summed E-state index contributed by atoms with van der Waals surface area (Å²) in [5.74, 6) is -1.24. The largest absolute Gasteiger partial charge is 0.369 e. The SMILES string of the molecule is O=C(NCc1cc(F)ccc1F)c1n[nH]n(N=Cc2ccc(N(CCCl)CCCl)cc2)c1=O. The van der Waals surface area contributed by atoms with Crippen LogP contribution < -0.4 is 15.8 Å². The highest BCUT2D eigenvalue weighted by Gasteiger charge is 2.17. The molecular weight excluding hydrogens is 477 g/mol. The molecule has 0 aliphatic rings. The Kier molecular flexibility index (Phi) is 8.56. The average Bonchev–Trinajstić information content (AvgIpc) is 3.18. The first-order chi connectivity index (χ1) is 15.9. The Bertz CT molecular complexity index is 1170. The van der Waals surface area contributed by atoms with Gasteiger partial charge in [-0.05, 0) is 35.9 Å². The third-order valence-electron chi connectivity index (χ3n) is 4.60. The molecule has 0 radical (unpaired) electrons. The third-order valence-corrected chi connectivity index (χ3v) is 4.94. The van der Waals surface area contributed by atoms with Gasteiger partial charge in [-0.25, -0.2) is 8.78 Å². The monoisotopic (exact) mass is 496 g/mol. The molecule has 33 heavy (non-hydrogen) atoms. The van der Waals surface area contributed by atoms with E-state index in [1.165, 1.54) is 6.21 Å². The number of carbonyl (C=O) groups is 1. The molecule has 0 unspecified atom stereocenters. The van der Waals surface area contributed by atoms with E-state index in [1.807, 2.05) is 17.0 Å². The van der Waals surface area contributed by atoms with Crippen molar-refractivity contribution in [3.05, 3.63) is 81.3 Å². The molecule has 3 rings (SSSR count). The molecule has 2 aromatic carbocycles. The van der Waals surface area contributed by atoms with Gasteiger partial charge in [-0.2, -0.15) is 10.3 Å². The predicted octanol–water partition coefficient (Wildman–Crippen LogP) is 2.95. The zero-order chi connectivity index (χ0) is 23.8. The maximum atomic E-state index is 13.7. The maximum Gasteiger partial charge on any atom is 0.320 e. The highest BCUT2D eigenvalue weighted by molar-refractivity contribution is 6.18. The average molecular weight is 497 g/mol. The molecule has 0 aliphatic heterocycles. The van der Waals surface area contributed by atoms with Crippen molar-refractivity contribution in [3.8, 4) is 0 Å². The van der Waals surface area contributed by atoms with Crippen molar-refractivity contribution in [2.75, 3.05) is 29.7 Å². The van der Waals surface area contributed by atoms with E-state index in [-0.39, 0.29) is 12.1 Å². The lowest BCUT2D eigenvalue weighted by Gasteiger charge is -2.22. The van der Waals surface area contributed by atoms with Gasteiger partial charge in [0.25, 0.3) is 5.91 Å². The van der Waals surface area contributed by atoms with Gasteiger partial charge >= 0.3 is 5.56 Å². The van der Waals surface area contributed by atoms with Gasteiger partial charge in [-0.1, -0.05) is 12.1 Å². The number of aromatic nitrogens is 3.